The molecular weight excluding hydrogens is 275 g/mol. The predicted octanol–water partition coefficient (Wildman–Crippen LogP) is 2.60. The Bertz CT molecular complexity index is 839. The van der Waals surface area contributed by atoms with E-state index in [1.807, 2.05) is 0 Å². The summed E-state index contributed by atoms with van der Waals surface area (Å²) in [6.07, 6.45) is -3.82. The van der Waals surface area contributed by atoms with Gasteiger partial charge in [0.15, 0.2) is 5.65 Å². The lowest BCUT2D eigenvalue weighted by atomic mass is 10.1. The molecule has 0 aliphatic rings. The van der Waals surface area contributed by atoms with Gasteiger partial charge in [0.05, 0.1) is 5.56 Å². The van der Waals surface area contributed by atoms with Crippen molar-refractivity contribution in [2.75, 3.05) is 0 Å². The molecule has 0 atom stereocenters. The van der Waals surface area contributed by atoms with Crippen molar-refractivity contribution in [3.63, 3.8) is 0 Å². The zero-order valence-corrected chi connectivity index (χ0v) is 9.72. The zero-order valence-electron chi connectivity index (χ0n) is 9.72. The van der Waals surface area contributed by atoms with E-state index in [2.05, 4.69) is 10.2 Å². The first-order valence-corrected chi connectivity index (χ1v) is 5.46. The van der Waals surface area contributed by atoms with E-state index in [9.17, 15) is 18.0 Å². The highest BCUT2D eigenvalue weighted by atomic mass is 19.4. The third-order valence-electron chi connectivity index (χ3n) is 2.90. The summed E-state index contributed by atoms with van der Waals surface area (Å²) in [7, 11) is 0. The molecule has 0 amide bonds. The van der Waals surface area contributed by atoms with Crippen molar-refractivity contribution in [3.8, 4) is 0 Å². The summed E-state index contributed by atoms with van der Waals surface area (Å²) < 4.78 is 39.1. The lowest BCUT2D eigenvalue weighted by Gasteiger charge is -2.07. The third-order valence-corrected chi connectivity index (χ3v) is 2.90. The highest BCUT2D eigenvalue weighted by molar-refractivity contribution is 6.07. The van der Waals surface area contributed by atoms with Gasteiger partial charge in [-0.15, -0.1) is 10.2 Å². The van der Waals surface area contributed by atoms with Crippen molar-refractivity contribution in [3.05, 3.63) is 41.9 Å². The average Bonchev–Trinajstić information content (AvgIpc) is 2.81. The molecule has 0 radical (unpaired) electrons. The molecule has 2 heterocycles. The quantitative estimate of drug-likeness (QED) is 0.744. The van der Waals surface area contributed by atoms with E-state index in [4.69, 9.17) is 5.11 Å². The van der Waals surface area contributed by atoms with Crippen LogP contribution in [-0.4, -0.2) is 25.7 Å². The number of hydrogen-bond donors (Lipinski definition) is 1. The summed E-state index contributed by atoms with van der Waals surface area (Å²) in [4.78, 5) is 11.2. The minimum atomic E-state index is -4.71. The Labute approximate surface area is 109 Å². The van der Waals surface area contributed by atoms with Crippen molar-refractivity contribution in [1.82, 2.24) is 14.6 Å². The van der Waals surface area contributed by atoms with E-state index >= 15 is 0 Å². The molecule has 2 aromatic heterocycles. The second-order valence-electron chi connectivity index (χ2n) is 4.11. The van der Waals surface area contributed by atoms with Gasteiger partial charge in [0.2, 0.25) is 5.82 Å². The minimum Gasteiger partial charge on any atom is -0.478 e. The first kappa shape index (κ1) is 12.4. The largest absolute Gasteiger partial charge is 0.478 e. The number of hydrogen-bond acceptors (Lipinski definition) is 3. The van der Waals surface area contributed by atoms with Gasteiger partial charge in [-0.2, -0.15) is 13.2 Å². The van der Waals surface area contributed by atoms with Crippen LogP contribution in [0.2, 0.25) is 0 Å². The third kappa shape index (κ3) is 1.68. The van der Waals surface area contributed by atoms with Crippen molar-refractivity contribution in [1.29, 1.82) is 0 Å². The van der Waals surface area contributed by atoms with Crippen molar-refractivity contribution in [2.45, 2.75) is 6.18 Å². The molecule has 0 unspecified atom stereocenters. The fraction of sp³-hybridized carbons (Fsp3) is 0.0833. The minimum absolute atomic E-state index is 0.0297. The van der Waals surface area contributed by atoms with E-state index in [1.54, 1.807) is 12.1 Å². The summed E-state index contributed by atoms with van der Waals surface area (Å²) in [5, 5.41) is 16.4. The number of fused-ring (bicyclic) bond motifs is 3. The van der Waals surface area contributed by atoms with Gasteiger partial charge in [-0.1, -0.05) is 24.3 Å². The molecule has 3 rings (SSSR count). The lowest BCUT2D eigenvalue weighted by molar-refractivity contribution is -0.145. The summed E-state index contributed by atoms with van der Waals surface area (Å²) in [5.41, 5.74) is -0.267. The zero-order chi connectivity index (χ0) is 14.5. The number of carbonyl (C=O) groups is 1. The van der Waals surface area contributed by atoms with Gasteiger partial charge >= 0.3 is 12.1 Å². The van der Waals surface area contributed by atoms with Gasteiger partial charge in [-0.05, 0) is 0 Å². The van der Waals surface area contributed by atoms with Crippen LogP contribution >= 0.6 is 0 Å². The molecule has 0 aliphatic carbocycles. The van der Waals surface area contributed by atoms with Crippen LogP contribution in [0.4, 0.5) is 13.2 Å². The summed E-state index contributed by atoms with van der Waals surface area (Å²) >= 11 is 0. The summed E-state index contributed by atoms with van der Waals surface area (Å²) in [6, 6.07) is 6.22. The van der Waals surface area contributed by atoms with Crippen LogP contribution in [0.3, 0.4) is 0 Å². The maximum Gasteiger partial charge on any atom is 0.452 e. The molecular formula is C12H6F3N3O2. The number of carboxylic acid groups (broad SMARTS) is 1. The number of pyridine rings is 1. The van der Waals surface area contributed by atoms with E-state index in [0.717, 1.165) is 6.20 Å². The molecule has 0 spiro atoms. The second-order valence-corrected chi connectivity index (χ2v) is 4.11. The Balaban J connectivity index is 2.51. The fourth-order valence-electron chi connectivity index (χ4n) is 2.07. The van der Waals surface area contributed by atoms with Crippen molar-refractivity contribution in [2.24, 2.45) is 0 Å². The van der Waals surface area contributed by atoms with Crippen LogP contribution in [0.5, 0.6) is 0 Å². The van der Waals surface area contributed by atoms with Crippen LogP contribution in [0.1, 0.15) is 16.2 Å². The normalized spacial score (nSPS) is 12.2. The molecule has 1 aromatic carbocycles. The van der Waals surface area contributed by atoms with E-state index < -0.39 is 18.0 Å². The van der Waals surface area contributed by atoms with Crippen molar-refractivity contribution >= 4 is 22.4 Å². The van der Waals surface area contributed by atoms with E-state index in [-0.39, 0.29) is 11.2 Å². The predicted molar refractivity (Wildman–Crippen MR) is 62.5 cm³/mol. The average molecular weight is 281 g/mol. The Morgan fingerprint density at radius 1 is 1.15 bits per heavy atom. The van der Waals surface area contributed by atoms with Gasteiger partial charge in [0, 0.05) is 17.0 Å². The smallest absolute Gasteiger partial charge is 0.452 e. The maximum absolute atomic E-state index is 12.8. The number of nitrogens with zero attached hydrogens (tertiary/aromatic N) is 3. The topological polar surface area (TPSA) is 67.5 Å². The van der Waals surface area contributed by atoms with Crippen LogP contribution in [0.15, 0.2) is 30.5 Å². The fourth-order valence-corrected chi connectivity index (χ4v) is 2.07. The Morgan fingerprint density at radius 2 is 1.80 bits per heavy atom. The monoisotopic (exact) mass is 281 g/mol. The van der Waals surface area contributed by atoms with Crippen molar-refractivity contribution < 1.29 is 23.1 Å². The molecule has 0 saturated heterocycles. The maximum atomic E-state index is 12.8. The molecule has 0 bridgehead atoms. The Hall–Kier alpha value is -2.64. The second kappa shape index (κ2) is 3.92. The molecule has 8 heteroatoms. The molecule has 0 aliphatic heterocycles. The number of carboxylic acids is 1. The van der Waals surface area contributed by atoms with Crippen LogP contribution in [-0.2, 0) is 6.18 Å². The SMILES string of the molecule is O=C(O)c1cn2c(C(F)(F)F)nnc2c2ccccc12. The number of alkyl halides is 3. The number of halogens is 3. The van der Waals surface area contributed by atoms with Crippen LogP contribution in [0, 0.1) is 0 Å². The summed E-state index contributed by atoms with van der Waals surface area (Å²) in [6.45, 7) is 0. The van der Waals surface area contributed by atoms with Gasteiger partial charge < -0.3 is 5.11 Å². The van der Waals surface area contributed by atoms with Gasteiger partial charge in [0.1, 0.15) is 0 Å². The summed E-state index contributed by atoms with van der Waals surface area (Å²) in [5.74, 6) is -2.56. The van der Waals surface area contributed by atoms with Gasteiger partial charge in [-0.3, -0.25) is 4.40 Å². The Morgan fingerprint density at radius 3 is 2.40 bits per heavy atom. The molecule has 0 saturated carbocycles. The molecule has 1 N–H and O–H groups in total. The van der Waals surface area contributed by atoms with Crippen LogP contribution < -0.4 is 0 Å². The first-order chi connectivity index (χ1) is 9.39. The molecule has 3 aromatic rings. The molecule has 0 fully saturated rings. The highest BCUT2D eigenvalue weighted by Crippen LogP contribution is 2.31. The molecule has 20 heavy (non-hydrogen) atoms. The number of aromatic nitrogens is 3. The first-order valence-electron chi connectivity index (χ1n) is 5.46. The molecule has 5 nitrogen and oxygen atoms in total. The number of aromatic carboxylic acids is 1. The lowest BCUT2D eigenvalue weighted by Crippen LogP contribution is -2.12. The van der Waals surface area contributed by atoms with E-state index in [0.29, 0.717) is 15.2 Å². The Kier molecular flexibility index (Phi) is 2.43. The standard InChI is InChI=1S/C12H6F3N3O2/c13-12(14,15)11-17-16-9-7-4-2-1-3-6(7)8(10(19)20)5-18(9)11/h1-5H,(H,19,20). The number of benzene rings is 1. The molecule has 102 valence electrons. The van der Waals surface area contributed by atoms with Gasteiger partial charge in [-0.25, -0.2) is 4.79 Å². The van der Waals surface area contributed by atoms with E-state index in [1.165, 1.54) is 12.1 Å². The number of rotatable bonds is 1. The highest BCUT2D eigenvalue weighted by Gasteiger charge is 2.37. The van der Waals surface area contributed by atoms with Crippen LogP contribution in [0.25, 0.3) is 16.4 Å². The van der Waals surface area contributed by atoms with Gasteiger partial charge in [0.25, 0.3) is 0 Å².